The molecule has 1 N–H and O–H groups in total. The number of ether oxygens (including phenoxy) is 2. The summed E-state index contributed by atoms with van der Waals surface area (Å²) in [5, 5.41) is 11.0. The summed E-state index contributed by atoms with van der Waals surface area (Å²) < 4.78 is 10.4. The molecule has 0 unspecified atom stereocenters. The van der Waals surface area contributed by atoms with Gasteiger partial charge in [0.15, 0.2) is 5.78 Å². The highest BCUT2D eigenvalue weighted by Gasteiger charge is 2.57. The molecule has 0 radical (unpaired) electrons. The van der Waals surface area contributed by atoms with Crippen LogP contribution in [-0.2, 0) is 23.9 Å². The standard InChI is InChI=1S/C23H33NO6/c1-6-24(7-2)16-12-10-15(11-13-16)18-19(21(26)29-8-3)17(25)14-23(5,28)20(18)22(27)30-9-4/h10-13,18-20,28H,6-9,14H2,1-5H3/t18-,19+,20+,23+/m1/s1. The molecule has 1 aromatic rings. The highest BCUT2D eigenvalue weighted by molar-refractivity contribution is 6.02. The quantitative estimate of drug-likeness (QED) is 0.511. The first kappa shape index (κ1) is 23.9. The SMILES string of the molecule is CCOC(=O)[C@H]1C(=O)C[C@](C)(O)[C@H](C(=O)OCC)[C@@H]1c1ccc(N(CC)CC)cc1. The van der Waals surface area contributed by atoms with Gasteiger partial charge in [-0.1, -0.05) is 12.1 Å². The minimum atomic E-state index is -1.63. The molecule has 0 saturated heterocycles. The zero-order valence-electron chi connectivity index (χ0n) is 18.5. The maximum absolute atomic E-state index is 12.9. The van der Waals surface area contributed by atoms with E-state index in [4.69, 9.17) is 9.47 Å². The zero-order valence-corrected chi connectivity index (χ0v) is 18.5. The molecule has 1 saturated carbocycles. The molecule has 1 aliphatic rings. The van der Waals surface area contributed by atoms with Crippen molar-refractivity contribution in [2.24, 2.45) is 11.8 Å². The van der Waals surface area contributed by atoms with Gasteiger partial charge in [0.1, 0.15) is 5.92 Å². The second-order valence-corrected chi connectivity index (χ2v) is 7.75. The smallest absolute Gasteiger partial charge is 0.317 e. The van der Waals surface area contributed by atoms with Gasteiger partial charge >= 0.3 is 11.9 Å². The molecule has 2 rings (SSSR count). The molecular formula is C23H33NO6. The largest absolute Gasteiger partial charge is 0.466 e. The van der Waals surface area contributed by atoms with E-state index in [9.17, 15) is 19.5 Å². The number of benzene rings is 1. The van der Waals surface area contributed by atoms with Gasteiger partial charge in [-0.2, -0.15) is 0 Å². The van der Waals surface area contributed by atoms with Crippen molar-refractivity contribution in [1.29, 1.82) is 0 Å². The van der Waals surface area contributed by atoms with E-state index in [0.29, 0.717) is 5.56 Å². The summed E-state index contributed by atoms with van der Waals surface area (Å²) in [5.74, 6) is -4.84. The second-order valence-electron chi connectivity index (χ2n) is 7.75. The van der Waals surface area contributed by atoms with Crippen LogP contribution in [0.5, 0.6) is 0 Å². The lowest BCUT2D eigenvalue weighted by molar-refractivity contribution is -0.172. The van der Waals surface area contributed by atoms with Crippen LogP contribution in [0.15, 0.2) is 24.3 Å². The van der Waals surface area contributed by atoms with E-state index in [1.165, 1.54) is 6.92 Å². The van der Waals surface area contributed by atoms with Crippen molar-refractivity contribution >= 4 is 23.4 Å². The molecule has 1 fully saturated rings. The van der Waals surface area contributed by atoms with Gasteiger partial charge in [0.25, 0.3) is 0 Å². The Morgan fingerprint density at radius 2 is 1.57 bits per heavy atom. The van der Waals surface area contributed by atoms with Crippen LogP contribution in [0.25, 0.3) is 0 Å². The summed E-state index contributed by atoms with van der Waals surface area (Å²) >= 11 is 0. The molecule has 4 atom stereocenters. The van der Waals surface area contributed by atoms with Crippen LogP contribution in [-0.4, -0.2) is 54.7 Å². The van der Waals surface area contributed by atoms with Crippen molar-refractivity contribution in [3.63, 3.8) is 0 Å². The zero-order chi connectivity index (χ0) is 22.5. The fraction of sp³-hybridized carbons (Fsp3) is 0.609. The lowest BCUT2D eigenvalue weighted by atomic mass is 9.61. The van der Waals surface area contributed by atoms with Crippen molar-refractivity contribution in [2.75, 3.05) is 31.2 Å². The molecular weight excluding hydrogens is 386 g/mol. The van der Waals surface area contributed by atoms with Gasteiger partial charge in [0.2, 0.25) is 0 Å². The van der Waals surface area contributed by atoms with Crippen LogP contribution in [0.1, 0.15) is 52.5 Å². The number of anilines is 1. The van der Waals surface area contributed by atoms with Crippen LogP contribution in [0.4, 0.5) is 5.69 Å². The van der Waals surface area contributed by atoms with Crippen molar-refractivity contribution in [1.82, 2.24) is 0 Å². The van der Waals surface area contributed by atoms with E-state index < -0.39 is 41.1 Å². The Balaban J connectivity index is 2.57. The van der Waals surface area contributed by atoms with E-state index in [1.54, 1.807) is 13.8 Å². The number of Topliss-reactive ketones (excluding diaryl/α,β-unsaturated/α-hetero) is 1. The summed E-state index contributed by atoms with van der Waals surface area (Å²) in [6.07, 6.45) is -0.312. The molecule has 0 aromatic heterocycles. The second kappa shape index (κ2) is 10.1. The normalized spacial score (nSPS) is 26.2. The molecule has 7 heteroatoms. The van der Waals surface area contributed by atoms with Crippen LogP contribution in [0, 0.1) is 11.8 Å². The number of carbonyl (C=O) groups excluding carboxylic acids is 3. The molecule has 1 aliphatic carbocycles. The van der Waals surface area contributed by atoms with Gasteiger partial charge in [-0.05, 0) is 52.3 Å². The predicted molar refractivity (Wildman–Crippen MR) is 113 cm³/mol. The summed E-state index contributed by atoms with van der Waals surface area (Å²) in [7, 11) is 0. The fourth-order valence-electron chi connectivity index (χ4n) is 4.38. The molecule has 0 bridgehead atoms. The highest BCUT2D eigenvalue weighted by atomic mass is 16.5. The van der Waals surface area contributed by atoms with Gasteiger partial charge in [0, 0.05) is 31.1 Å². The highest BCUT2D eigenvalue weighted by Crippen LogP contribution is 2.47. The summed E-state index contributed by atoms with van der Waals surface area (Å²) in [6.45, 7) is 10.8. The Bertz CT molecular complexity index is 753. The molecule has 1 aromatic carbocycles. The number of hydrogen-bond donors (Lipinski definition) is 1. The number of aliphatic hydroxyl groups is 1. The molecule has 30 heavy (non-hydrogen) atoms. The molecule has 0 amide bonds. The number of ketones is 1. The molecule has 166 valence electrons. The van der Waals surface area contributed by atoms with E-state index in [1.807, 2.05) is 24.3 Å². The van der Waals surface area contributed by atoms with Crippen molar-refractivity contribution in [3.05, 3.63) is 29.8 Å². The predicted octanol–water partition coefficient (Wildman–Crippen LogP) is 2.70. The van der Waals surface area contributed by atoms with Crippen LogP contribution >= 0.6 is 0 Å². The van der Waals surface area contributed by atoms with Gasteiger partial charge in [-0.25, -0.2) is 0 Å². The average Bonchev–Trinajstić information content (AvgIpc) is 2.68. The third-order valence-corrected chi connectivity index (χ3v) is 5.75. The average molecular weight is 420 g/mol. The maximum Gasteiger partial charge on any atom is 0.317 e. The minimum absolute atomic E-state index is 0.122. The summed E-state index contributed by atoms with van der Waals surface area (Å²) in [4.78, 5) is 40.6. The molecule has 0 aliphatic heterocycles. The lowest BCUT2D eigenvalue weighted by Gasteiger charge is -2.43. The van der Waals surface area contributed by atoms with Gasteiger partial charge in [-0.3, -0.25) is 14.4 Å². The third kappa shape index (κ3) is 4.83. The van der Waals surface area contributed by atoms with E-state index in [2.05, 4.69) is 18.7 Å². The minimum Gasteiger partial charge on any atom is -0.466 e. The molecule has 7 nitrogen and oxygen atoms in total. The third-order valence-electron chi connectivity index (χ3n) is 5.75. The van der Waals surface area contributed by atoms with Gasteiger partial charge < -0.3 is 19.5 Å². The van der Waals surface area contributed by atoms with Crippen LogP contribution in [0.3, 0.4) is 0 Å². The first-order valence-corrected chi connectivity index (χ1v) is 10.6. The summed E-state index contributed by atoms with van der Waals surface area (Å²) in [5.41, 5.74) is -0.0116. The number of nitrogens with zero attached hydrogens (tertiary/aromatic N) is 1. The topological polar surface area (TPSA) is 93.1 Å². The number of rotatable bonds is 8. The monoisotopic (exact) mass is 419 g/mol. The first-order chi connectivity index (χ1) is 14.2. The van der Waals surface area contributed by atoms with Crippen molar-refractivity contribution in [3.8, 4) is 0 Å². The number of esters is 2. The first-order valence-electron chi connectivity index (χ1n) is 10.6. The van der Waals surface area contributed by atoms with E-state index in [0.717, 1.165) is 18.8 Å². The Morgan fingerprint density at radius 3 is 2.07 bits per heavy atom. The van der Waals surface area contributed by atoms with Crippen molar-refractivity contribution < 1.29 is 29.0 Å². The number of carbonyl (C=O) groups is 3. The Labute approximate surface area is 178 Å². The maximum atomic E-state index is 12.9. The fourth-order valence-corrected chi connectivity index (χ4v) is 4.38. The Morgan fingerprint density at radius 1 is 1.03 bits per heavy atom. The Hall–Kier alpha value is -2.41. The summed E-state index contributed by atoms with van der Waals surface area (Å²) in [6, 6.07) is 7.43. The molecule has 0 heterocycles. The Kier molecular flexibility index (Phi) is 8.01. The van der Waals surface area contributed by atoms with E-state index in [-0.39, 0.29) is 19.6 Å². The van der Waals surface area contributed by atoms with Gasteiger partial charge in [-0.15, -0.1) is 0 Å². The lowest BCUT2D eigenvalue weighted by Crippen LogP contribution is -2.55. The van der Waals surface area contributed by atoms with Crippen molar-refractivity contribution in [2.45, 2.75) is 52.6 Å². The van der Waals surface area contributed by atoms with Gasteiger partial charge in [0.05, 0.1) is 24.7 Å². The van der Waals surface area contributed by atoms with Crippen LogP contribution in [0.2, 0.25) is 0 Å². The van der Waals surface area contributed by atoms with E-state index >= 15 is 0 Å². The molecule has 0 spiro atoms. The van der Waals surface area contributed by atoms with Crippen LogP contribution < -0.4 is 4.90 Å². The number of hydrogen-bond acceptors (Lipinski definition) is 7.